The van der Waals surface area contributed by atoms with Crippen LogP contribution in [0, 0.1) is 19.8 Å². The first-order valence-electron chi connectivity index (χ1n) is 7.82. The van der Waals surface area contributed by atoms with E-state index in [2.05, 4.69) is 37.6 Å². The monoisotopic (exact) mass is 278 g/mol. The van der Waals surface area contributed by atoms with Gasteiger partial charge in [0.25, 0.3) is 0 Å². The lowest BCUT2D eigenvalue weighted by atomic mass is 10.0. The van der Waals surface area contributed by atoms with Gasteiger partial charge < -0.3 is 4.98 Å². The van der Waals surface area contributed by atoms with Crippen LogP contribution in [0.1, 0.15) is 62.3 Å². The van der Waals surface area contributed by atoms with Crippen LogP contribution >= 0.6 is 0 Å². The molecule has 20 heavy (non-hydrogen) atoms. The van der Waals surface area contributed by atoms with Crippen molar-refractivity contribution in [3.63, 3.8) is 0 Å². The minimum Gasteiger partial charge on any atom is -0.362 e. The smallest absolute Gasteiger partial charge is 0.178 e. The molecule has 0 bridgehead atoms. The maximum Gasteiger partial charge on any atom is 0.178 e. The highest BCUT2D eigenvalue weighted by Gasteiger charge is 2.21. The molecule has 0 saturated carbocycles. The SMILES string of the molecule is CCC(CC)N(CC(=O)c1cc(C)[nH]c1C)CC(C)C. The van der Waals surface area contributed by atoms with Crippen molar-refractivity contribution in [3.8, 4) is 0 Å². The molecule has 3 heteroatoms. The van der Waals surface area contributed by atoms with E-state index in [9.17, 15) is 4.79 Å². The van der Waals surface area contributed by atoms with Gasteiger partial charge in [0.2, 0.25) is 0 Å². The Morgan fingerprint density at radius 3 is 2.25 bits per heavy atom. The third-order valence-corrected chi connectivity index (χ3v) is 3.86. The number of aromatic nitrogens is 1. The largest absolute Gasteiger partial charge is 0.362 e. The maximum atomic E-state index is 12.5. The van der Waals surface area contributed by atoms with E-state index in [0.29, 0.717) is 18.5 Å². The Morgan fingerprint density at radius 1 is 1.25 bits per heavy atom. The van der Waals surface area contributed by atoms with E-state index in [4.69, 9.17) is 0 Å². The van der Waals surface area contributed by atoms with Crippen LogP contribution in [0.4, 0.5) is 0 Å². The van der Waals surface area contributed by atoms with Crippen LogP contribution in [0.25, 0.3) is 0 Å². The number of carbonyl (C=O) groups is 1. The van der Waals surface area contributed by atoms with Crippen LogP contribution in [-0.2, 0) is 0 Å². The van der Waals surface area contributed by atoms with Gasteiger partial charge in [0.1, 0.15) is 0 Å². The first kappa shape index (κ1) is 17.0. The van der Waals surface area contributed by atoms with Gasteiger partial charge in [-0.25, -0.2) is 0 Å². The third kappa shape index (κ3) is 4.48. The number of rotatable bonds is 8. The molecule has 0 saturated heterocycles. The Morgan fingerprint density at radius 2 is 1.85 bits per heavy atom. The van der Waals surface area contributed by atoms with Gasteiger partial charge in [-0.15, -0.1) is 0 Å². The molecule has 0 aliphatic heterocycles. The molecular formula is C17H30N2O. The number of aromatic amines is 1. The Labute approximate surface area is 123 Å². The highest BCUT2D eigenvalue weighted by Crippen LogP contribution is 2.15. The van der Waals surface area contributed by atoms with Gasteiger partial charge in [0.15, 0.2) is 5.78 Å². The molecule has 0 radical (unpaired) electrons. The molecule has 1 aromatic heterocycles. The fourth-order valence-electron chi connectivity index (χ4n) is 2.90. The molecule has 1 aromatic rings. The molecule has 0 aliphatic rings. The molecule has 1 rings (SSSR count). The molecule has 3 nitrogen and oxygen atoms in total. The third-order valence-electron chi connectivity index (χ3n) is 3.86. The predicted molar refractivity (Wildman–Crippen MR) is 85.4 cm³/mol. The quantitative estimate of drug-likeness (QED) is 0.731. The number of Topliss-reactive ketones (excluding diaryl/α,β-unsaturated/α-hetero) is 1. The van der Waals surface area contributed by atoms with Gasteiger partial charge in [-0.1, -0.05) is 27.7 Å². The summed E-state index contributed by atoms with van der Waals surface area (Å²) in [5, 5.41) is 0. The van der Waals surface area contributed by atoms with E-state index < -0.39 is 0 Å². The van der Waals surface area contributed by atoms with Gasteiger partial charge >= 0.3 is 0 Å². The summed E-state index contributed by atoms with van der Waals surface area (Å²) < 4.78 is 0. The summed E-state index contributed by atoms with van der Waals surface area (Å²) in [6, 6.07) is 2.47. The van der Waals surface area contributed by atoms with E-state index in [1.54, 1.807) is 0 Å². The molecular weight excluding hydrogens is 248 g/mol. The van der Waals surface area contributed by atoms with Gasteiger partial charge in [-0.2, -0.15) is 0 Å². The molecule has 0 spiro atoms. The molecule has 0 aliphatic carbocycles. The number of hydrogen-bond acceptors (Lipinski definition) is 2. The lowest BCUT2D eigenvalue weighted by Gasteiger charge is -2.31. The second-order valence-corrected chi connectivity index (χ2v) is 6.21. The number of ketones is 1. The van der Waals surface area contributed by atoms with Crippen LogP contribution in [-0.4, -0.2) is 34.8 Å². The van der Waals surface area contributed by atoms with Crippen molar-refractivity contribution in [2.45, 2.75) is 60.4 Å². The van der Waals surface area contributed by atoms with Gasteiger partial charge in [0.05, 0.1) is 6.54 Å². The summed E-state index contributed by atoms with van der Waals surface area (Å²) in [5.41, 5.74) is 2.90. The molecule has 0 atom stereocenters. The first-order valence-corrected chi connectivity index (χ1v) is 7.82. The Balaban J connectivity index is 2.83. The Bertz CT molecular complexity index is 430. The van der Waals surface area contributed by atoms with E-state index in [1.807, 2.05) is 19.9 Å². The molecule has 114 valence electrons. The fraction of sp³-hybridized carbons (Fsp3) is 0.706. The lowest BCUT2D eigenvalue weighted by Crippen LogP contribution is -2.40. The Hall–Kier alpha value is -1.09. The first-order chi connectivity index (χ1) is 9.38. The maximum absolute atomic E-state index is 12.5. The van der Waals surface area contributed by atoms with Crippen molar-refractivity contribution in [3.05, 3.63) is 23.0 Å². The summed E-state index contributed by atoms with van der Waals surface area (Å²) in [4.78, 5) is 18.1. The zero-order chi connectivity index (χ0) is 15.3. The number of nitrogens with one attached hydrogen (secondary N) is 1. The fourth-order valence-corrected chi connectivity index (χ4v) is 2.90. The second kappa shape index (κ2) is 7.63. The zero-order valence-corrected chi connectivity index (χ0v) is 13.9. The van der Waals surface area contributed by atoms with Gasteiger partial charge in [-0.05, 0) is 38.7 Å². The standard InChI is InChI=1S/C17H30N2O/c1-7-15(8-2)19(10-12(3)4)11-17(20)16-9-13(5)18-14(16)6/h9,12,15,18H,7-8,10-11H2,1-6H3. The minimum atomic E-state index is 0.236. The van der Waals surface area contributed by atoms with Crippen molar-refractivity contribution in [1.82, 2.24) is 9.88 Å². The van der Waals surface area contributed by atoms with E-state index in [1.165, 1.54) is 0 Å². The average Bonchev–Trinajstić information content (AvgIpc) is 2.69. The van der Waals surface area contributed by atoms with Crippen molar-refractivity contribution >= 4 is 5.78 Å². The van der Waals surface area contributed by atoms with E-state index in [-0.39, 0.29) is 5.78 Å². The average molecular weight is 278 g/mol. The van der Waals surface area contributed by atoms with Crippen LogP contribution in [0.3, 0.4) is 0 Å². The number of hydrogen-bond donors (Lipinski definition) is 1. The van der Waals surface area contributed by atoms with Gasteiger partial charge in [-0.3, -0.25) is 9.69 Å². The summed E-state index contributed by atoms with van der Waals surface area (Å²) >= 11 is 0. The predicted octanol–water partition coefficient (Wildman–Crippen LogP) is 3.96. The highest BCUT2D eigenvalue weighted by atomic mass is 16.1. The molecule has 1 heterocycles. The number of carbonyl (C=O) groups excluding carboxylic acids is 1. The normalized spacial score (nSPS) is 11.8. The molecule has 0 unspecified atom stereocenters. The van der Waals surface area contributed by atoms with Crippen LogP contribution in [0.15, 0.2) is 6.07 Å². The summed E-state index contributed by atoms with van der Waals surface area (Å²) in [6.07, 6.45) is 2.20. The molecule has 0 fully saturated rings. The van der Waals surface area contributed by atoms with E-state index >= 15 is 0 Å². The summed E-state index contributed by atoms with van der Waals surface area (Å²) in [7, 11) is 0. The number of nitrogens with zero attached hydrogens (tertiary/aromatic N) is 1. The summed E-state index contributed by atoms with van der Waals surface area (Å²) in [6.45, 7) is 14.3. The van der Waals surface area contributed by atoms with Crippen molar-refractivity contribution in [1.29, 1.82) is 0 Å². The molecule has 1 N–H and O–H groups in total. The van der Waals surface area contributed by atoms with Crippen molar-refractivity contribution < 1.29 is 4.79 Å². The minimum absolute atomic E-state index is 0.236. The van der Waals surface area contributed by atoms with Crippen molar-refractivity contribution in [2.75, 3.05) is 13.1 Å². The molecule has 0 aromatic carbocycles. The van der Waals surface area contributed by atoms with Crippen LogP contribution in [0.2, 0.25) is 0 Å². The summed E-state index contributed by atoms with van der Waals surface area (Å²) in [5.74, 6) is 0.817. The lowest BCUT2D eigenvalue weighted by molar-refractivity contribution is 0.0865. The molecule has 0 amide bonds. The number of H-pyrrole nitrogens is 1. The van der Waals surface area contributed by atoms with E-state index in [0.717, 1.165) is 36.3 Å². The van der Waals surface area contributed by atoms with Crippen molar-refractivity contribution in [2.24, 2.45) is 5.92 Å². The van der Waals surface area contributed by atoms with Crippen LogP contribution < -0.4 is 0 Å². The number of aryl methyl sites for hydroxylation is 2. The van der Waals surface area contributed by atoms with Crippen LogP contribution in [0.5, 0.6) is 0 Å². The Kier molecular flexibility index (Phi) is 6.47. The second-order valence-electron chi connectivity index (χ2n) is 6.21. The zero-order valence-electron chi connectivity index (χ0n) is 13.9. The topological polar surface area (TPSA) is 36.1 Å². The highest BCUT2D eigenvalue weighted by molar-refractivity contribution is 5.98. The van der Waals surface area contributed by atoms with Gasteiger partial charge in [0, 0.05) is 29.5 Å².